The Balaban J connectivity index is 2.13. The van der Waals surface area contributed by atoms with Gasteiger partial charge in [-0.15, -0.1) is 0 Å². The monoisotopic (exact) mass is 325 g/mol. The lowest BCUT2D eigenvalue weighted by Crippen LogP contribution is -2.12. The fraction of sp³-hybridized carbons (Fsp3) is 0.0667. The molecule has 0 spiro atoms. The zero-order valence-corrected chi connectivity index (χ0v) is 12.5. The minimum Gasteiger partial charge on any atom is -0.457 e. The van der Waals surface area contributed by atoms with Crippen molar-refractivity contribution in [3.05, 3.63) is 68.9 Å². The van der Waals surface area contributed by atoms with Gasteiger partial charge in [-0.3, -0.25) is 0 Å². The molecule has 0 saturated heterocycles. The number of furan rings is 1. The molecule has 0 aliphatic heterocycles. The molecule has 0 radical (unpaired) electrons. The number of fused-ring (bicyclic) bond motifs is 1. The van der Waals surface area contributed by atoms with Gasteiger partial charge in [0.05, 0.1) is 11.1 Å². The minimum atomic E-state index is -0.542. The summed E-state index contributed by atoms with van der Waals surface area (Å²) in [5.41, 5.74) is 7.48. The van der Waals surface area contributed by atoms with E-state index in [1.165, 1.54) is 0 Å². The molecule has 0 amide bonds. The summed E-state index contributed by atoms with van der Waals surface area (Å²) in [4.78, 5) is 0. The molecule has 2 aromatic carbocycles. The molecule has 2 N–H and O–H groups in total. The van der Waals surface area contributed by atoms with Crippen LogP contribution in [0.15, 0.2) is 46.9 Å². The Morgan fingerprint density at radius 3 is 2.15 bits per heavy atom. The zero-order chi connectivity index (χ0) is 14.3. The van der Waals surface area contributed by atoms with Crippen molar-refractivity contribution in [2.45, 2.75) is 6.04 Å². The number of rotatable bonds is 2. The van der Waals surface area contributed by atoms with Crippen molar-refractivity contribution in [1.82, 2.24) is 0 Å². The van der Waals surface area contributed by atoms with Gasteiger partial charge in [0.15, 0.2) is 5.58 Å². The molecule has 0 saturated carbocycles. The maximum absolute atomic E-state index is 6.23. The molecule has 0 aliphatic rings. The third-order valence-electron chi connectivity index (χ3n) is 3.13. The molecule has 1 aromatic heterocycles. The molecule has 1 unspecified atom stereocenters. The number of hydrogen-bond acceptors (Lipinski definition) is 2. The second kappa shape index (κ2) is 5.30. The van der Waals surface area contributed by atoms with Crippen molar-refractivity contribution in [2.24, 2.45) is 5.73 Å². The highest BCUT2D eigenvalue weighted by molar-refractivity contribution is 6.36. The maximum atomic E-state index is 6.23. The van der Waals surface area contributed by atoms with E-state index >= 15 is 0 Å². The summed E-state index contributed by atoms with van der Waals surface area (Å²) < 4.78 is 5.75. The number of para-hydroxylation sites is 1. The molecule has 3 aromatic rings. The first-order chi connectivity index (χ1) is 9.58. The summed E-state index contributed by atoms with van der Waals surface area (Å²) in [6, 6.07) is 12.1. The van der Waals surface area contributed by atoms with Gasteiger partial charge in [0, 0.05) is 21.0 Å². The Kier molecular flexibility index (Phi) is 3.65. The number of benzene rings is 2. The predicted octanol–water partition coefficient (Wildman–Crippen LogP) is 5.44. The normalized spacial score (nSPS) is 12.8. The van der Waals surface area contributed by atoms with Crippen LogP contribution in [0, 0.1) is 0 Å². The summed E-state index contributed by atoms with van der Waals surface area (Å²) in [6.45, 7) is 0. The average molecular weight is 327 g/mol. The number of nitrogens with two attached hydrogens (primary N) is 1. The van der Waals surface area contributed by atoms with Crippen molar-refractivity contribution in [3.63, 3.8) is 0 Å². The molecule has 0 fully saturated rings. The highest BCUT2D eigenvalue weighted by atomic mass is 35.5. The van der Waals surface area contributed by atoms with Crippen LogP contribution < -0.4 is 5.73 Å². The Labute approximate surface area is 131 Å². The first-order valence-electron chi connectivity index (χ1n) is 5.95. The Hall–Kier alpha value is -1.19. The van der Waals surface area contributed by atoms with E-state index in [0.717, 1.165) is 5.39 Å². The van der Waals surface area contributed by atoms with Gasteiger partial charge in [-0.1, -0.05) is 53.0 Å². The van der Waals surface area contributed by atoms with Crippen LogP contribution in [0.3, 0.4) is 0 Å². The Morgan fingerprint density at radius 2 is 1.50 bits per heavy atom. The lowest BCUT2D eigenvalue weighted by Gasteiger charge is -2.12. The van der Waals surface area contributed by atoms with E-state index in [1.807, 2.05) is 18.2 Å². The van der Waals surface area contributed by atoms with Crippen LogP contribution in [0.5, 0.6) is 0 Å². The smallest absolute Gasteiger partial charge is 0.152 e. The van der Waals surface area contributed by atoms with Gasteiger partial charge in [-0.05, 0) is 24.3 Å². The number of halogens is 3. The van der Waals surface area contributed by atoms with Crippen LogP contribution in [0.2, 0.25) is 15.1 Å². The van der Waals surface area contributed by atoms with Crippen LogP contribution >= 0.6 is 34.8 Å². The second-order valence-corrected chi connectivity index (χ2v) is 5.64. The number of hydrogen-bond donors (Lipinski definition) is 1. The van der Waals surface area contributed by atoms with Crippen molar-refractivity contribution >= 4 is 45.8 Å². The van der Waals surface area contributed by atoms with Crippen LogP contribution in [0.1, 0.15) is 17.4 Å². The van der Waals surface area contributed by atoms with E-state index in [1.54, 1.807) is 24.3 Å². The van der Waals surface area contributed by atoms with E-state index in [2.05, 4.69) is 0 Å². The molecule has 1 atom stereocenters. The van der Waals surface area contributed by atoms with E-state index in [4.69, 9.17) is 45.0 Å². The average Bonchev–Trinajstić information content (AvgIpc) is 2.84. The van der Waals surface area contributed by atoms with Gasteiger partial charge in [-0.25, -0.2) is 0 Å². The van der Waals surface area contributed by atoms with Crippen molar-refractivity contribution < 1.29 is 4.42 Å². The predicted molar refractivity (Wildman–Crippen MR) is 83.7 cm³/mol. The SMILES string of the molecule is NC(c1cc2cccc(Cl)c2o1)c1c(Cl)cccc1Cl. The van der Waals surface area contributed by atoms with Gasteiger partial charge in [-0.2, -0.15) is 0 Å². The fourth-order valence-electron chi connectivity index (χ4n) is 2.15. The molecule has 0 bridgehead atoms. The van der Waals surface area contributed by atoms with Crippen molar-refractivity contribution in [2.75, 3.05) is 0 Å². The zero-order valence-electron chi connectivity index (χ0n) is 10.2. The summed E-state index contributed by atoms with van der Waals surface area (Å²) in [5.74, 6) is 0.572. The summed E-state index contributed by atoms with van der Waals surface area (Å²) in [7, 11) is 0. The van der Waals surface area contributed by atoms with Crippen LogP contribution in [0.25, 0.3) is 11.0 Å². The Bertz CT molecular complexity index is 762. The molecule has 5 heteroatoms. The molecule has 0 aliphatic carbocycles. The fourth-order valence-corrected chi connectivity index (χ4v) is 3.00. The van der Waals surface area contributed by atoms with E-state index in [9.17, 15) is 0 Å². The van der Waals surface area contributed by atoms with Crippen LogP contribution in [-0.2, 0) is 0 Å². The summed E-state index contributed by atoms with van der Waals surface area (Å²) >= 11 is 18.4. The third-order valence-corrected chi connectivity index (χ3v) is 4.09. The highest BCUT2D eigenvalue weighted by Crippen LogP contribution is 2.36. The standard InChI is InChI=1S/C15H10Cl3NO/c16-9-4-2-5-10(17)13(9)14(19)12-7-8-3-1-6-11(18)15(8)20-12/h1-7,14H,19H2. The molecule has 102 valence electrons. The lowest BCUT2D eigenvalue weighted by molar-refractivity contribution is 0.525. The second-order valence-electron chi connectivity index (χ2n) is 4.42. The molecule has 2 nitrogen and oxygen atoms in total. The Morgan fingerprint density at radius 1 is 0.900 bits per heavy atom. The van der Waals surface area contributed by atoms with Gasteiger partial charge >= 0.3 is 0 Å². The van der Waals surface area contributed by atoms with E-state index in [-0.39, 0.29) is 0 Å². The summed E-state index contributed by atoms with van der Waals surface area (Å²) in [5, 5.41) is 2.46. The van der Waals surface area contributed by atoms with Gasteiger partial charge in [0.1, 0.15) is 5.76 Å². The van der Waals surface area contributed by atoms with Gasteiger partial charge in [0.2, 0.25) is 0 Å². The first kappa shape index (κ1) is 13.8. The maximum Gasteiger partial charge on any atom is 0.152 e. The van der Waals surface area contributed by atoms with Gasteiger partial charge < -0.3 is 10.2 Å². The van der Waals surface area contributed by atoms with E-state index in [0.29, 0.717) is 32.0 Å². The molecule has 3 rings (SSSR count). The largest absolute Gasteiger partial charge is 0.457 e. The van der Waals surface area contributed by atoms with E-state index < -0.39 is 6.04 Å². The highest BCUT2D eigenvalue weighted by Gasteiger charge is 2.20. The minimum absolute atomic E-state index is 0.511. The summed E-state index contributed by atoms with van der Waals surface area (Å²) in [6.07, 6.45) is 0. The molecule has 1 heterocycles. The van der Waals surface area contributed by atoms with Crippen molar-refractivity contribution in [3.8, 4) is 0 Å². The molecular weight excluding hydrogens is 317 g/mol. The van der Waals surface area contributed by atoms with Crippen LogP contribution in [0.4, 0.5) is 0 Å². The quantitative estimate of drug-likeness (QED) is 0.681. The third kappa shape index (κ3) is 2.29. The van der Waals surface area contributed by atoms with Crippen molar-refractivity contribution in [1.29, 1.82) is 0 Å². The molecule has 20 heavy (non-hydrogen) atoms. The topological polar surface area (TPSA) is 39.2 Å². The van der Waals surface area contributed by atoms with Gasteiger partial charge in [0.25, 0.3) is 0 Å². The lowest BCUT2D eigenvalue weighted by atomic mass is 10.1. The van der Waals surface area contributed by atoms with Crippen LogP contribution in [-0.4, -0.2) is 0 Å². The first-order valence-corrected chi connectivity index (χ1v) is 7.09. The molecular formula is C15H10Cl3NO.